The fourth-order valence-corrected chi connectivity index (χ4v) is 3.61. The minimum absolute atomic E-state index is 0.299. The van der Waals surface area contributed by atoms with E-state index in [1.165, 1.54) is 18.0 Å². The zero-order valence-corrected chi connectivity index (χ0v) is 15.7. The van der Waals surface area contributed by atoms with Gasteiger partial charge in [-0.3, -0.25) is 4.79 Å². The van der Waals surface area contributed by atoms with Crippen LogP contribution < -0.4 is 10.6 Å². The number of rotatable bonds is 4. The molecule has 1 amide bonds. The van der Waals surface area contributed by atoms with Crippen molar-refractivity contribution in [2.24, 2.45) is 0 Å². The second kappa shape index (κ2) is 7.73. The lowest BCUT2D eigenvalue weighted by molar-refractivity contribution is -0.113. The summed E-state index contributed by atoms with van der Waals surface area (Å²) in [6, 6.07) is 12.6. The van der Waals surface area contributed by atoms with Crippen molar-refractivity contribution in [1.29, 1.82) is 5.26 Å². The lowest BCUT2D eigenvalue weighted by Gasteiger charge is -2.28. The third-order valence-corrected chi connectivity index (χ3v) is 5.01. The van der Waals surface area contributed by atoms with Gasteiger partial charge < -0.3 is 15.1 Å². The molecule has 3 rings (SSSR count). The first-order valence-electron chi connectivity index (χ1n) is 7.81. The average Bonchev–Trinajstić information content (AvgIpc) is 3.16. The zero-order chi connectivity index (χ0) is 18.7. The average molecular weight is 386 g/mol. The van der Waals surface area contributed by atoms with Crippen LogP contribution in [-0.4, -0.2) is 12.2 Å². The van der Waals surface area contributed by atoms with Gasteiger partial charge in [-0.05, 0) is 49.6 Å². The molecule has 1 aliphatic heterocycles. The molecule has 0 saturated heterocycles. The molecular formula is C19H16ClN3O2S. The quantitative estimate of drug-likeness (QED) is 0.802. The summed E-state index contributed by atoms with van der Waals surface area (Å²) in [5.74, 6) is -0.312. The smallest absolute Gasteiger partial charge is 0.254 e. The van der Waals surface area contributed by atoms with Gasteiger partial charge in [0.15, 0.2) is 0 Å². The van der Waals surface area contributed by atoms with Gasteiger partial charge in [0.1, 0.15) is 5.76 Å². The second-order valence-corrected chi connectivity index (χ2v) is 6.88. The number of dihydropyridines is 1. The molecular weight excluding hydrogens is 370 g/mol. The molecule has 1 aliphatic rings. The van der Waals surface area contributed by atoms with Crippen molar-refractivity contribution in [2.45, 2.75) is 12.8 Å². The summed E-state index contributed by atoms with van der Waals surface area (Å²) in [6.45, 7) is 1.82. The van der Waals surface area contributed by atoms with Crippen LogP contribution in [0, 0.1) is 11.3 Å². The van der Waals surface area contributed by atoms with Crippen molar-refractivity contribution < 1.29 is 9.21 Å². The van der Waals surface area contributed by atoms with Crippen molar-refractivity contribution in [1.82, 2.24) is 5.32 Å². The van der Waals surface area contributed by atoms with Crippen molar-refractivity contribution >= 4 is 35.0 Å². The van der Waals surface area contributed by atoms with E-state index in [0.717, 1.165) is 5.03 Å². The molecule has 2 N–H and O–H groups in total. The Labute approximate surface area is 160 Å². The van der Waals surface area contributed by atoms with Crippen LogP contribution in [0.4, 0.5) is 5.69 Å². The highest BCUT2D eigenvalue weighted by Crippen LogP contribution is 2.40. The lowest BCUT2D eigenvalue weighted by Crippen LogP contribution is -2.30. The monoisotopic (exact) mass is 385 g/mol. The molecule has 1 aromatic heterocycles. The van der Waals surface area contributed by atoms with Gasteiger partial charge in [0, 0.05) is 16.4 Å². The van der Waals surface area contributed by atoms with Gasteiger partial charge in [0.25, 0.3) is 5.91 Å². The number of carbonyl (C=O) groups excluding carboxylic acids is 1. The number of anilines is 1. The number of hydrogen-bond donors (Lipinski definition) is 2. The maximum absolute atomic E-state index is 13.0. The van der Waals surface area contributed by atoms with Gasteiger partial charge in [0.05, 0.1) is 34.4 Å². The third-order valence-electron chi connectivity index (χ3n) is 4.03. The molecule has 0 saturated carbocycles. The standard InChI is InChI=1S/C19H16ClN3O2S/c1-11-16(18(24)23-13-7-5-12(20)6-8-13)17(15-4-3-9-25-15)14(10-21)19(22-11)26-2/h3-9,17,22H,1-2H3,(H,23,24)/t17-/m1/s1. The normalized spacial score (nSPS) is 16.9. The SMILES string of the molecule is CSC1=C(C#N)[C@H](c2ccco2)C(C(=O)Nc2ccc(Cl)cc2)=C(C)N1. The minimum Gasteiger partial charge on any atom is -0.468 e. The molecule has 0 fully saturated rings. The summed E-state index contributed by atoms with van der Waals surface area (Å²) in [5, 5.41) is 17.0. The van der Waals surface area contributed by atoms with Crippen LogP contribution in [0.1, 0.15) is 18.6 Å². The van der Waals surface area contributed by atoms with Crippen molar-refractivity contribution in [3.8, 4) is 6.07 Å². The number of nitrogens with one attached hydrogen (secondary N) is 2. The number of allylic oxidation sites excluding steroid dienone is 2. The molecule has 0 spiro atoms. The van der Waals surface area contributed by atoms with Crippen molar-refractivity contribution in [3.63, 3.8) is 0 Å². The maximum Gasteiger partial charge on any atom is 0.254 e. The van der Waals surface area contributed by atoms with Gasteiger partial charge >= 0.3 is 0 Å². The summed E-state index contributed by atoms with van der Waals surface area (Å²) in [5.41, 5.74) is 2.21. The van der Waals surface area contributed by atoms with Crippen molar-refractivity contribution in [2.75, 3.05) is 11.6 Å². The fourth-order valence-electron chi connectivity index (χ4n) is 2.85. The highest BCUT2D eigenvalue weighted by Gasteiger charge is 2.36. The van der Waals surface area contributed by atoms with E-state index >= 15 is 0 Å². The summed E-state index contributed by atoms with van der Waals surface area (Å²) in [6.07, 6.45) is 3.42. The number of carbonyl (C=O) groups is 1. The Hall–Kier alpha value is -2.62. The summed E-state index contributed by atoms with van der Waals surface area (Å²) in [7, 11) is 0. The molecule has 0 aliphatic carbocycles. The lowest BCUT2D eigenvalue weighted by atomic mass is 9.85. The Kier molecular flexibility index (Phi) is 5.40. The maximum atomic E-state index is 13.0. The Morgan fingerprint density at radius 3 is 2.65 bits per heavy atom. The summed E-state index contributed by atoms with van der Waals surface area (Å²) in [4.78, 5) is 13.0. The van der Waals surface area contributed by atoms with Crippen LogP contribution in [0.25, 0.3) is 0 Å². The molecule has 0 bridgehead atoms. The first-order chi connectivity index (χ1) is 12.5. The summed E-state index contributed by atoms with van der Waals surface area (Å²) < 4.78 is 5.54. The Balaban J connectivity index is 2.01. The second-order valence-electron chi connectivity index (χ2n) is 5.63. The molecule has 26 heavy (non-hydrogen) atoms. The van der Waals surface area contributed by atoms with Crippen LogP contribution >= 0.6 is 23.4 Å². The molecule has 0 radical (unpaired) electrons. The van der Waals surface area contributed by atoms with E-state index in [1.54, 1.807) is 36.4 Å². The van der Waals surface area contributed by atoms with E-state index in [4.69, 9.17) is 16.0 Å². The molecule has 5 nitrogen and oxygen atoms in total. The third kappa shape index (κ3) is 3.50. The molecule has 1 atom stereocenters. The number of furan rings is 1. The topological polar surface area (TPSA) is 78.1 Å². The number of hydrogen-bond acceptors (Lipinski definition) is 5. The van der Waals surface area contributed by atoms with Crippen LogP contribution in [-0.2, 0) is 4.79 Å². The molecule has 0 unspecified atom stereocenters. The van der Waals surface area contributed by atoms with Crippen LogP contribution in [0.15, 0.2) is 69.0 Å². The summed E-state index contributed by atoms with van der Waals surface area (Å²) >= 11 is 7.32. The number of nitriles is 1. The Morgan fingerprint density at radius 2 is 2.08 bits per heavy atom. The molecule has 2 heterocycles. The zero-order valence-electron chi connectivity index (χ0n) is 14.2. The van der Waals surface area contributed by atoms with Gasteiger partial charge in [-0.15, -0.1) is 11.8 Å². The molecule has 7 heteroatoms. The van der Waals surface area contributed by atoms with E-state index in [0.29, 0.717) is 33.3 Å². The minimum atomic E-state index is -0.564. The predicted molar refractivity (Wildman–Crippen MR) is 104 cm³/mol. The molecule has 132 valence electrons. The van der Waals surface area contributed by atoms with Crippen molar-refractivity contribution in [3.05, 3.63) is 75.3 Å². The Morgan fingerprint density at radius 1 is 1.35 bits per heavy atom. The van der Waals surface area contributed by atoms with Gasteiger partial charge in [-0.2, -0.15) is 5.26 Å². The van der Waals surface area contributed by atoms with Crippen LogP contribution in [0.3, 0.4) is 0 Å². The number of thioether (sulfide) groups is 1. The first kappa shape index (κ1) is 18.2. The van der Waals surface area contributed by atoms with Crippen LogP contribution in [0.5, 0.6) is 0 Å². The number of halogens is 1. The first-order valence-corrected chi connectivity index (χ1v) is 9.41. The van der Waals surface area contributed by atoms with Crippen LogP contribution in [0.2, 0.25) is 5.02 Å². The van der Waals surface area contributed by atoms with Gasteiger partial charge in [-0.25, -0.2) is 0 Å². The van der Waals surface area contributed by atoms with E-state index in [9.17, 15) is 10.1 Å². The Bertz CT molecular complexity index is 925. The molecule has 1 aromatic carbocycles. The van der Waals surface area contributed by atoms with Gasteiger partial charge in [0.2, 0.25) is 0 Å². The predicted octanol–water partition coefficient (Wildman–Crippen LogP) is 4.63. The number of nitrogens with zero attached hydrogens (tertiary/aromatic N) is 1. The largest absolute Gasteiger partial charge is 0.468 e. The number of amides is 1. The van der Waals surface area contributed by atoms with E-state index in [2.05, 4.69) is 16.7 Å². The van der Waals surface area contributed by atoms with E-state index < -0.39 is 5.92 Å². The fraction of sp³-hybridized carbons (Fsp3) is 0.158. The molecule has 2 aromatic rings. The number of benzene rings is 1. The van der Waals surface area contributed by atoms with Gasteiger partial charge in [-0.1, -0.05) is 11.6 Å². The van der Waals surface area contributed by atoms with E-state index in [1.807, 2.05) is 13.2 Å². The van der Waals surface area contributed by atoms with E-state index in [-0.39, 0.29) is 5.91 Å². The highest BCUT2D eigenvalue weighted by atomic mass is 35.5. The highest BCUT2D eigenvalue weighted by molar-refractivity contribution is 8.02.